The van der Waals surface area contributed by atoms with Crippen molar-refractivity contribution in [2.45, 2.75) is 39.2 Å². The molecule has 2 nitrogen and oxygen atoms in total. The molecule has 0 aliphatic carbocycles. The van der Waals surface area contributed by atoms with Crippen molar-refractivity contribution >= 4 is 17.3 Å². The summed E-state index contributed by atoms with van der Waals surface area (Å²) < 4.78 is 0. The lowest BCUT2D eigenvalue weighted by Crippen LogP contribution is -2.37. The number of halogens is 1. The maximum atomic E-state index is 6.13. The van der Waals surface area contributed by atoms with E-state index in [1.165, 1.54) is 30.5 Å². The van der Waals surface area contributed by atoms with Crippen LogP contribution in [0, 0.1) is 6.92 Å². The molecule has 3 heteroatoms. The molecule has 1 aliphatic rings. The molecule has 1 saturated heterocycles. The summed E-state index contributed by atoms with van der Waals surface area (Å²) in [5.41, 5.74) is 2.61. The first-order valence-corrected chi connectivity index (χ1v) is 7.33. The summed E-state index contributed by atoms with van der Waals surface area (Å²) in [6.07, 6.45) is 3.68. The van der Waals surface area contributed by atoms with Gasteiger partial charge < -0.3 is 10.2 Å². The number of aryl methyl sites for hydroxylation is 1. The zero-order chi connectivity index (χ0) is 13.0. The third-order valence-corrected chi connectivity index (χ3v) is 3.86. The van der Waals surface area contributed by atoms with E-state index < -0.39 is 0 Å². The van der Waals surface area contributed by atoms with Crippen molar-refractivity contribution in [3.63, 3.8) is 0 Å². The van der Waals surface area contributed by atoms with Gasteiger partial charge >= 0.3 is 0 Å². The van der Waals surface area contributed by atoms with Gasteiger partial charge in [-0.2, -0.15) is 0 Å². The summed E-state index contributed by atoms with van der Waals surface area (Å²) >= 11 is 6.13. The van der Waals surface area contributed by atoms with Crippen LogP contribution in [0.25, 0.3) is 0 Å². The van der Waals surface area contributed by atoms with E-state index in [1.54, 1.807) is 0 Å². The zero-order valence-electron chi connectivity index (χ0n) is 11.4. The minimum Gasteiger partial charge on any atom is -0.370 e. The zero-order valence-corrected chi connectivity index (χ0v) is 12.1. The molecular formula is C15H23ClN2. The van der Waals surface area contributed by atoms with E-state index in [4.69, 9.17) is 11.6 Å². The molecule has 1 aromatic carbocycles. The van der Waals surface area contributed by atoms with Crippen LogP contribution in [-0.4, -0.2) is 25.7 Å². The molecule has 1 heterocycles. The van der Waals surface area contributed by atoms with Gasteiger partial charge in [-0.05, 0) is 44.0 Å². The van der Waals surface area contributed by atoms with E-state index in [1.807, 2.05) is 6.07 Å². The Bertz CT molecular complexity index is 392. The van der Waals surface area contributed by atoms with Gasteiger partial charge in [-0.3, -0.25) is 0 Å². The SMILES string of the molecule is CCCC1CN(c2cc(Cl)ccc2C)CCCN1. The van der Waals surface area contributed by atoms with E-state index in [0.717, 1.165) is 24.7 Å². The predicted octanol–water partition coefficient (Wildman–Crippen LogP) is 3.62. The highest BCUT2D eigenvalue weighted by Gasteiger charge is 2.18. The van der Waals surface area contributed by atoms with E-state index >= 15 is 0 Å². The minimum atomic E-state index is 0.607. The summed E-state index contributed by atoms with van der Waals surface area (Å²) in [4.78, 5) is 2.49. The Morgan fingerprint density at radius 1 is 1.44 bits per heavy atom. The summed E-state index contributed by atoms with van der Waals surface area (Å²) in [7, 11) is 0. The average Bonchev–Trinajstić information content (AvgIpc) is 2.58. The first-order chi connectivity index (χ1) is 8.70. The van der Waals surface area contributed by atoms with Crippen molar-refractivity contribution < 1.29 is 0 Å². The first kappa shape index (κ1) is 13.7. The standard InChI is InChI=1S/C15H23ClN2/c1-3-5-14-11-18(9-4-8-17-14)15-10-13(16)7-6-12(15)2/h6-7,10,14,17H,3-5,8-9,11H2,1-2H3. The lowest BCUT2D eigenvalue weighted by molar-refractivity contribution is 0.502. The largest absolute Gasteiger partial charge is 0.370 e. The van der Waals surface area contributed by atoms with Crippen LogP contribution in [0.3, 0.4) is 0 Å². The second-order valence-corrected chi connectivity index (χ2v) is 5.61. The summed E-state index contributed by atoms with van der Waals surface area (Å²) in [6.45, 7) is 7.75. The number of anilines is 1. The van der Waals surface area contributed by atoms with Crippen LogP contribution in [0.2, 0.25) is 5.02 Å². The van der Waals surface area contributed by atoms with Gasteiger partial charge in [0.1, 0.15) is 0 Å². The van der Waals surface area contributed by atoms with Crippen LogP contribution in [0.15, 0.2) is 18.2 Å². The molecule has 2 rings (SSSR count). The van der Waals surface area contributed by atoms with Gasteiger partial charge in [-0.15, -0.1) is 0 Å². The average molecular weight is 267 g/mol. The monoisotopic (exact) mass is 266 g/mol. The van der Waals surface area contributed by atoms with Crippen LogP contribution in [-0.2, 0) is 0 Å². The quantitative estimate of drug-likeness (QED) is 0.899. The second kappa shape index (κ2) is 6.44. The Hall–Kier alpha value is -0.730. The number of hydrogen-bond acceptors (Lipinski definition) is 2. The lowest BCUT2D eigenvalue weighted by atomic mass is 10.1. The van der Waals surface area contributed by atoms with Crippen LogP contribution in [0.4, 0.5) is 5.69 Å². The van der Waals surface area contributed by atoms with Crippen molar-refractivity contribution in [1.29, 1.82) is 0 Å². The topological polar surface area (TPSA) is 15.3 Å². The first-order valence-electron chi connectivity index (χ1n) is 6.95. The van der Waals surface area contributed by atoms with Crippen molar-refractivity contribution in [3.8, 4) is 0 Å². The molecule has 0 radical (unpaired) electrons. The molecular weight excluding hydrogens is 244 g/mol. The Morgan fingerprint density at radius 2 is 2.28 bits per heavy atom. The van der Waals surface area contributed by atoms with Gasteiger partial charge in [0.15, 0.2) is 0 Å². The van der Waals surface area contributed by atoms with Gasteiger partial charge in [0.25, 0.3) is 0 Å². The summed E-state index contributed by atoms with van der Waals surface area (Å²) in [5, 5.41) is 4.47. The van der Waals surface area contributed by atoms with Gasteiger partial charge in [-0.25, -0.2) is 0 Å². The van der Waals surface area contributed by atoms with Crippen molar-refractivity contribution in [2.75, 3.05) is 24.5 Å². The number of nitrogens with one attached hydrogen (secondary N) is 1. The maximum Gasteiger partial charge on any atom is 0.0426 e. The number of hydrogen-bond donors (Lipinski definition) is 1. The third-order valence-electron chi connectivity index (χ3n) is 3.63. The molecule has 1 unspecified atom stereocenters. The van der Waals surface area contributed by atoms with Gasteiger partial charge in [0.05, 0.1) is 0 Å². The number of benzene rings is 1. The molecule has 18 heavy (non-hydrogen) atoms. The third kappa shape index (κ3) is 3.39. The number of rotatable bonds is 3. The van der Waals surface area contributed by atoms with Crippen LogP contribution < -0.4 is 10.2 Å². The molecule has 0 bridgehead atoms. The lowest BCUT2D eigenvalue weighted by Gasteiger charge is -2.28. The second-order valence-electron chi connectivity index (χ2n) is 5.17. The summed E-state index contributed by atoms with van der Waals surface area (Å²) in [6, 6.07) is 6.80. The van der Waals surface area contributed by atoms with E-state index in [0.29, 0.717) is 6.04 Å². The highest BCUT2D eigenvalue weighted by Crippen LogP contribution is 2.25. The van der Waals surface area contributed by atoms with Crippen LogP contribution >= 0.6 is 11.6 Å². The fourth-order valence-electron chi connectivity index (χ4n) is 2.68. The van der Waals surface area contributed by atoms with Gasteiger partial charge in [0, 0.05) is 29.8 Å². The van der Waals surface area contributed by atoms with Crippen molar-refractivity contribution in [2.24, 2.45) is 0 Å². The minimum absolute atomic E-state index is 0.607. The molecule has 0 spiro atoms. The van der Waals surface area contributed by atoms with E-state index in [2.05, 4.69) is 36.2 Å². The van der Waals surface area contributed by atoms with E-state index in [-0.39, 0.29) is 0 Å². The molecule has 0 aromatic heterocycles. The van der Waals surface area contributed by atoms with Crippen molar-refractivity contribution in [3.05, 3.63) is 28.8 Å². The Balaban J connectivity index is 2.16. The molecule has 0 saturated carbocycles. The highest BCUT2D eigenvalue weighted by molar-refractivity contribution is 6.30. The molecule has 1 aliphatic heterocycles. The Labute approximate surface area is 115 Å². The van der Waals surface area contributed by atoms with E-state index in [9.17, 15) is 0 Å². The van der Waals surface area contributed by atoms with Gasteiger partial charge in [0.2, 0.25) is 0 Å². The summed E-state index contributed by atoms with van der Waals surface area (Å²) in [5.74, 6) is 0. The van der Waals surface area contributed by atoms with Crippen molar-refractivity contribution in [1.82, 2.24) is 5.32 Å². The number of nitrogens with zero attached hydrogens (tertiary/aromatic N) is 1. The molecule has 0 amide bonds. The Morgan fingerprint density at radius 3 is 3.06 bits per heavy atom. The van der Waals surface area contributed by atoms with Gasteiger partial charge in [-0.1, -0.05) is 31.0 Å². The fourth-order valence-corrected chi connectivity index (χ4v) is 2.85. The molecule has 1 atom stereocenters. The van der Waals surface area contributed by atoms with Crippen LogP contribution in [0.5, 0.6) is 0 Å². The molecule has 1 aromatic rings. The smallest absolute Gasteiger partial charge is 0.0426 e. The normalized spacial score (nSPS) is 20.8. The maximum absolute atomic E-state index is 6.13. The fraction of sp³-hybridized carbons (Fsp3) is 0.600. The molecule has 1 N–H and O–H groups in total. The predicted molar refractivity (Wildman–Crippen MR) is 79.7 cm³/mol. The molecule has 100 valence electrons. The Kier molecular flexibility index (Phi) is 4.90. The van der Waals surface area contributed by atoms with Crippen LogP contribution in [0.1, 0.15) is 31.7 Å². The highest BCUT2D eigenvalue weighted by atomic mass is 35.5. The molecule has 1 fully saturated rings.